The average Bonchev–Trinajstić information content (AvgIpc) is 4.14. The third-order valence-electron chi connectivity index (χ3n) is 15.6. The second-order valence-corrected chi connectivity index (χ2v) is 27.2. The minimum absolute atomic E-state index is 0.00946. The third kappa shape index (κ3) is 7.05. The van der Waals surface area contributed by atoms with Crippen LogP contribution in [0.3, 0.4) is 0 Å². The maximum atomic E-state index is 2.72. The number of fused-ring (bicyclic) bond motifs is 10. The van der Waals surface area contributed by atoms with E-state index < -0.39 is 0 Å². The summed E-state index contributed by atoms with van der Waals surface area (Å²) in [6, 6.07) is 52.1. The average molecular weight is 1010 g/mol. The van der Waals surface area contributed by atoms with Gasteiger partial charge in [0.1, 0.15) is 0 Å². The van der Waals surface area contributed by atoms with Crippen LogP contribution >= 0.6 is 45.3 Å². The fourth-order valence-corrected chi connectivity index (χ4v) is 16.5. The Bertz CT molecular complexity index is 3700. The van der Waals surface area contributed by atoms with Crippen molar-refractivity contribution in [3.63, 3.8) is 0 Å². The van der Waals surface area contributed by atoms with Gasteiger partial charge in [0.05, 0.1) is 21.4 Å². The van der Waals surface area contributed by atoms with E-state index in [0.717, 1.165) is 0 Å². The Balaban J connectivity index is 1.13. The second kappa shape index (κ2) is 16.3. The summed E-state index contributed by atoms with van der Waals surface area (Å²) >= 11 is 7.75. The Labute approximate surface area is 441 Å². The van der Waals surface area contributed by atoms with Crippen molar-refractivity contribution in [3.05, 3.63) is 172 Å². The Morgan fingerprint density at radius 2 is 0.833 bits per heavy atom. The van der Waals surface area contributed by atoms with Crippen molar-refractivity contribution in [1.82, 2.24) is 0 Å². The molecule has 72 heavy (non-hydrogen) atoms. The van der Waals surface area contributed by atoms with E-state index in [1.54, 1.807) is 0 Å². The monoisotopic (exact) mass is 1010 g/mol. The van der Waals surface area contributed by atoms with Crippen LogP contribution in [0, 0.1) is 27.7 Å². The van der Waals surface area contributed by atoms with E-state index in [2.05, 4.69) is 226 Å². The summed E-state index contributed by atoms with van der Waals surface area (Å²) in [4.78, 5) is 8.07. The number of nitrogens with zero attached hydrogens (tertiary/aromatic N) is 2. The van der Waals surface area contributed by atoms with Gasteiger partial charge in [-0.25, -0.2) is 0 Å². The lowest BCUT2D eigenvalue weighted by atomic mass is 9.33. The minimum atomic E-state index is -0.00946. The van der Waals surface area contributed by atoms with Gasteiger partial charge in [0, 0.05) is 39.9 Å². The van der Waals surface area contributed by atoms with Crippen LogP contribution in [-0.4, -0.2) is 6.71 Å². The molecule has 0 radical (unpaired) electrons. The largest absolute Gasteiger partial charge is 0.302 e. The van der Waals surface area contributed by atoms with Crippen molar-refractivity contribution in [2.75, 3.05) is 9.80 Å². The highest BCUT2D eigenvalue weighted by Crippen LogP contribution is 2.54. The normalized spacial score (nSPS) is 13.6. The van der Waals surface area contributed by atoms with Crippen molar-refractivity contribution >= 4 is 142 Å². The molecule has 0 bridgehead atoms. The molecule has 6 heterocycles. The highest BCUT2D eigenvalue weighted by Gasteiger charge is 2.48. The van der Waals surface area contributed by atoms with Gasteiger partial charge < -0.3 is 9.80 Å². The van der Waals surface area contributed by atoms with Crippen LogP contribution in [0.2, 0.25) is 0 Å². The number of hydrogen-bond acceptors (Lipinski definition) is 6. The van der Waals surface area contributed by atoms with Gasteiger partial charge in [-0.05, 0) is 205 Å². The predicted molar refractivity (Wildman–Crippen MR) is 323 cm³/mol. The molecular weight excluding hydrogens is 948 g/mol. The molecule has 0 N–H and O–H groups in total. The van der Waals surface area contributed by atoms with E-state index in [0.29, 0.717) is 5.92 Å². The van der Waals surface area contributed by atoms with E-state index in [1.165, 1.54) is 149 Å². The first kappa shape index (κ1) is 45.9. The molecule has 0 aliphatic carbocycles. The smallest absolute Gasteiger partial charge is 0.256 e. The Kier molecular flexibility index (Phi) is 10.4. The number of thiophene rings is 4. The van der Waals surface area contributed by atoms with Crippen LogP contribution in [-0.2, 0) is 10.8 Å². The molecule has 0 atom stereocenters. The second-order valence-electron chi connectivity index (χ2n) is 23.0. The van der Waals surface area contributed by atoms with Gasteiger partial charge in [-0.15, -0.1) is 45.3 Å². The SMILES string of the molecule is Cc1cc(-c2cc3ccccc3s2)cc(C)c1N1c2cc(C(C)C)cc3c2B(c2c1sc1ccc(C(C)(C)C)cc21)c1c(sc2ccc(C(C)(C)C)cc12)N3c1c(C)cc(-c2cc3ccccc3s2)cc1C. The van der Waals surface area contributed by atoms with Gasteiger partial charge in [-0.3, -0.25) is 0 Å². The first-order valence-electron chi connectivity index (χ1n) is 25.5. The van der Waals surface area contributed by atoms with Crippen molar-refractivity contribution in [3.8, 4) is 20.9 Å². The van der Waals surface area contributed by atoms with Gasteiger partial charge >= 0.3 is 0 Å². The summed E-state index contributed by atoms with van der Waals surface area (Å²) in [7, 11) is 0. The van der Waals surface area contributed by atoms with Gasteiger partial charge in [0.2, 0.25) is 0 Å². The molecule has 0 spiro atoms. The number of hydrogen-bond donors (Lipinski definition) is 0. The topological polar surface area (TPSA) is 6.48 Å². The van der Waals surface area contributed by atoms with Crippen LogP contribution < -0.4 is 26.2 Å². The van der Waals surface area contributed by atoms with Gasteiger partial charge in [0.25, 0.3) is 6.71 Å². The Morgan fingerprint density at radius 1 is 0.431 bits per heavy atom. The Hall–Kier alpha value is -5.96. The van der Waals surface area contributed by atoms with E-state index in [9.17, 15) is 0 Å². The highest BCUT2D eigenvalue weighted by atomic mass is 32.1. The molecule has 2 aliphatic rings. The molecule has 0 saturated carbocycles. The van der Waals surface area contributed by atoms with Crippen LogP contribution in [0.4, 0.5) is 32.8 Å². The van der Waals surface area contributed by atoms with Gasteiger partial charge in [-0.1, -0.05) is 116 Å². The molecule has 7 aromatic carbocycles. The molecule has 2 nitrogen and oxygen atoms in total. The lowest BCUT2D eigenvalue weighted by Gasteiger charge is -2.44. The first-order valence-corrected chi connectivity index (χ1v) is 28.8. The van der Waals surface area contributed by atoms with Gasteiger partial charge in [-0.2, -0.15) is 0 Å². The molecule has 13 rings (SSSR count). The van der Waals surface area contributed by atoms with Crippen LogP contribution in [0.5, 0.6) is 0 Å². The molecular formula is C65H59BN2S4. The van der Waals surface area contributed by atoms with Crippen molar-refractivity contribution < 1.29 is 0 Å². The number of benzene rings is 7. The van der Waals surface area contributed by atoms with Crippen LogP contribution in [0.1, 0.15) is 100 Å². The molecule has 0 fully saturated rings. The molecule has 0 saturated heterocycles. The number of aryl methyl sites for hydroxylation is 4. The maximum absolute atomic E-state index is 2.72. The summed E-state index contributed by atoms with van der Waals surface area (Å²) < 4.78 is 5.35. The zero-order valence-electron chi connectivity index (χ0n) is 43.4. The summed E-state index contributed by atoms with van der Waals surface area (Å²) in [5, 5.41) is 8.05. The summed E-state index contributed by atoms with van der Waals surface area (Å²) in [6.07, 6.45) is 0. The van der Waals surface area contributed by atoms with Crippen molar-refractivity contribution in [1.29, 1.82) is 0 Å². The lowest BCUT2D eigenvalue weighted by molar-refractivity contribution is 0.591. The molecule has 7 heteroatoms. The summed E-state index contributed by atoms with van der Waals surface area (Å²) in [5.74, 6) is 0.306. The van der Waals surface area contributed by atoms with Crippen LogP contribution in [0.25, 0.3) is 61.2 Å². The van der Waals surface area contributed by atoms with E-state index in [4.69, 9.17) is 0 Å². The fraction of sp³-hybridized carbons (Fsp3) is 0.231. The fourth-order valence-electron chi connectivity index (χ4n) is 11.9. The predicted octanol–water partition coefficient (Wildman–Crippen LogP) is 18.9. The Morgan fingerprint density at radius 3 is 1.21 bits per heavy atom. The van der Waals surface area contributed by atoms with E-state index >= 15 is 0 Å². The van der Waals surface area contributed by atoms with Gasteiger partial charge in [0.15, 0.2) is 0 Å². The van der Waals surface area contributed by atoms with E-state index in [-0.39, 0.29) is 17.5 Å². The third-order valence-corrected chi connectivity index (χ3v) is 20.2. The molecule has 2 aliphatic heterocycles. The first-order chi connectivity index (χ1) is 34.4. The summed E-state index contributed by atoms with van der Waals surface area (Å²) in [6.45, 7) is 28.3. The quantitative estimate of drug-likeness (QED) is 0.159. The number of anilines is 6. The standard InChI is InChI=1S/C65H59BN2S4/c1-35(2)42-29-49-59-50(30-42)68(61-38(5)27-44(28-39(61)6)56-32-41-18-14-16-20-52(41)70-56)63-58(48-34-46(65(10,11)12)22-24-54(48)72-63)66(59)57-47-33-45(64(7,8)9)21-23-53(47)71-62(57)67(49)60-36(3)25-43(26-37(60)4)55-31-40-17-13-15-19-51(40)69-55/h13-35H,1-12H3. The molecule has 0 unspecified atom stereocenters. The zero-order chi connectivity index (χ0) is 49.9. The van der Waals surface area contributed by atoms with Crippen molar-refractivity contribution in [2.45, 2.75) is 99.8 Å². The van der Waals surface area contributed by atoms with E-state index in [1.807, 2.05) is 45.3 Å². The number of rotatable bonds is 5. The molecule has 356 valence electrons. The lowest BCUT2D eigenvalue weighted by Crippen LogP contribution is -2.60. The molecule has 4 aromatic heterocycles. The van der Waals surface area contributed by atoms with Crippen LogP contribution in [0.15, 0.2) is 133 Å². The highest BCUT2D eigenvalue weighted by molar-refractivity contribution is 7.29. The molecule has 0 amide bonds. The minimum Gasteiger partial charge on any atom is -0.302 e. The van der Waals surface area contributed by atoms with Crippen molar-refractivity contribution in [2.24, 2.45) is 0 Å². The molecule has 11 aromatic rings. The summed E-state index contributed by atoms with van der Waals surface area (Å²) in [5.41, 5.74) is 21.3. The maximum Gasteiger partial charge on any atom is 0.256 e. The zero-order valence-corrected chi connectivity index (χ0v) is 46.6.